The largest absolute Gasteiger partial charge is 0.496 e. The number of nitrogens with zero attached hydrogens (tertiary/aromatic N) is 5. The first-order valence-corrected chi connectivity index (χ1v) is 13.4. The SMILES string of the molecule is CCc1ccc2[nH]c(=O)c(CN(Cc3ccccc3OC)C(CC)c3nnnn3Cc3ccccc3)cc2c1. The average Bonchev–Trinajstić information content (AvgIpc) is 3.41. The fourth-order valence-corrected chi connectivity index (χ4v) is 5.11. The third-order valence-electron chi connectivity index (χ3n) is 7.19. The maximum atomic E-state index is 13.3. The van der Waals surface area contributed by atoms with Gasteiger partial charge >= 0.3 is 0 Å². The van der Waals surface area contributed by atoms with Crippen LogP contribution in [0.3, 0.4) is 0 Å². The van der Waals surface area contributed by atoms with Gasteiger partial charge in [0.2, 0.25) is 0 Å². The van der Waals surface area contributed by atoms with Gasteiger partial charge in [-0.15, -0.1) is 5.10 Å². The van der Waals surface area contributed by atoms with Gasteiger partial charge in [0.15, 0.2) is 5.82 Å². The summed E-state index contributed by atoms with van der Waals surface area (Å²) in [5.41, 5.74) is 4.84. The first kappa shape index (κ1) is 26.3. The van der Waals surface area contributed by atoms with Crippen molar-refractivity contribution in [3.8, 4) is 5.75 Å². The smallest absolute Gasteiger partial charge is 0.252 e. The molecule has 2 heterocycles. The van der Waals surface area contributed by atoms with Crippen molar-refractivity contribution in [3.63, 3.8) is 0 Å². The quantitative estimate of drug-likeness (QED) is 0.254. The van der Waals surface area contributed by atoms with Crippen molar-refractivity contribution in [3.05, 3.63) is 117 Å². The molecule has 0 saturated heterocycles. The number of H-pyrrole nitrogens is 1. The van der Waals surface area contributed by atoms with E-state index in [1.807, 2.05) is 53.2 Å². The summed E-state index contributed by atoms with van der Waals surface area (Å²) in [5.74, 6) is 1.57. The molecule has 0 amide bonds. The molecular weight excluding hydrogens is 488 g/mol. The monoisotopic (exact) mass is 522 g/mol. The average molecular weight is 523 g/mol. The van der Waals surface area contributed by atoms with E-state index >= 15 is 0 Å². The Morgan fingerprint density at radius 3 is 2.46 bits per heavy atom. The third-order valence-corrected chi connectivity index (χ3v) is 7.19. The number of nitrogens with one attached hydrogen (secondary N) is 1. The van der Waals surface area contributed by atoms with Crippen molar-refractivity contribution in [2.24, 2.45) is 0 Å². The van der Waals surface area contributed by atoms with Gasteiger partial charge < -0.3 is 9.72 Å². The molecular formula is C31H34N6O2. The highest BCUT2D eigenvalue weighted by Gasteiger charge is 2.27. The molecule has 8 nitrogen and oxygen atoms in total. The summed E-state index contributed by atoms with van der Waals surface area (Å²) in [6, 6.07) is 26.2. The van der Waals surface area contributed by atoms with Gasteiger partial charge in [-0.25, -0.2) is 4.68 Å². The van der Waals surface area contributed by atoms with Crippen molar-refractivity contribution < 1.29 is 4.74 Å². The second-order valence-electron chi connectivity index (χ2n) is 9.72. The van der Waals surface area contributed by atoms with Crippen LogP contribution in [0.5, 0.6) is 5.75 Å². The van der Waals surface area contributed by atoms with E-state index in [0.29, 0.717) is 25.2 Å². The van der Waals surface area contributed by atoms with Crippen LogP contribution in [0.15, 0.2) is 83.7 Å². The van der Waals surface area contributed by atoms with Gasteiger partial charge in [0, 0.05) is 29.7 Å². The van der Waals surface area contributed by atoms with Crippen LogP contribution in [0, 0.1) is 0 Å². The summed E-state index contributed by atoms with van der Waals surface area (Å²) in [6.45, 7) is 5.82. The number of pyridine rings is 1. The normalized spacial score (nSPS) is 12.2. The van der Waals surface area contributed by atoms with E-state index in [2.05, 4.69) is 69.6 Å². The maximum absolute atomic E-state index is 13.3. The van der Waals surface area contributed by atoms with Gasteiger partial charge in [0.05, 0.1) is 19.7 Å². The number of methoxy groups -OCH3 is 1. The lowest BCUT2D eigenvalue weighted by atomic mass is 10.1. The molecule has 39 heavy (non-hydrogen) atoms. The highest BCUT2D eigenvalue weighted by atomic mass is 16.5. The zero-order valence-electron chi connectivity index (χ0n) is 22.7. The van der Waals surface area contributed by atoms with E-state index in [4.69, 9.17) is 4.74 Å². The molecule has 0 saturated carbocycles. The summed E-state index contributed by atoms with van der Waals surface area (Å²) in [5, 5.41) is 13.9. The molecule has 1 atom stereocenters. The van der Waals surface area contributed by atoms with Crippen LogP contribution in [0.25, 0.3) is 10.9 Å². The molecule has 2 aromatic heterocycles. The summed E-state index contributed by atoms with van der Waals surface area (Å²) in [4.78, 5) is 18.6. The third kappa shape index (κ3) is 5.91. The number of aromatic amines is 1. The minimum Gasteiger partial charge on any atom is -0.496 e. The standard InChI is InChI=1S/C31H34N6O2/c1-4-22-15-16-27-25(17-22)18-26(31(38)32-27)21-36(20-24-13-9-10-14-29(24)39-3)28(5-2)30-33-34-35-37(30)19-23-11-7-6-8-12-23/h6-18,28H,4-5,19-21H2,1-3H3,(H,32,38). The number of rotatable bonds is 11. The molecule has 200 valence electrons. The Balaban J connectivity index is 1.55. The highest BCUT2D eigenvalue weighted by Crippen LogP contribution is 2.29. The molecule has 0 bridgehead atoms. The highest BCUT2D eigenvalue weighted by molar-refractivity contribution is 5.79. The topological polar surface area (TPSA) is 88.9 Å². The number of para-hydroxylation sites is 1. The second-order valence-corrected chi connectivity index (χ2v) is 9.72. The Hall–Kier alpha value is -4.30. The fourth-order valence-electron chi connectivity index (χ4n) is 5.11. The van der Waals surface area contributed by atoms with Gasteiger partial charge in [-0.2, -0.15) is 0 Å². The van der Waals surface area contributed by atoms with E-state index in [1.54, 1.807) is 7.11 Å². The predicted molar refractivity (Wildman–Crippen MR) is 153 cm³/mol. The van der Waals surface area contributed by atoms with E-state index < -0.39 is 0 Å². The van der Waals surface area contributed by atoms with Gasteiger partial charge in [-0.1, -0.05) is 68.4 Å². The van der Waals surface area contributed by atoms with Crippen LogP contribution in [0.1, 0.15) is 54.4 Å². The minimum absolute atomic E-state index is 0.0875. The molecule has 0 radical (unpaired) electrons. The lowest BCUT2D eigenvalue weighted by Crippen LogP contribution is -2.32. The van der Waals surface area contributed by atoms with Crippen molar-refractivity contribution >= 4 is 10.9 Å². The number of benzene rings is 3. The molecule has 0 fully saturated rings. The van der Waals surface area contributed by atoms with Crippen LogP contribution in [-0.4, -0.2) is 37.2 Å². The summed E-state index contributed by atoms with van der Waals surface area (Å²) >= 11 is 0. The number of aromatic nitrogens is 5. The van der Waals surface area contributed by atoms with E-state index in [9.17, 15) is 4.79 Å². The lowest BCUT2D eigenvalue weighted by Gasteiger charge is -2.30. The van der Waals surface area contributed by atoms with Crippen LogP contribution in [0.2, 0.25) is 0 Å². The molecule has 0 aliphatic heterocycles. The first-order chi connectivity index (χ1) is 19.1. The van der Waals surface area contributed by atoms with E-state index in [0.717, 1.165) is 46.4 Å². The molecule has 0 aliphatic rings. The Morgan fingerprint density at radius 1 is 0.923 bits per heavy atom. The van der Waals surface area contributed by atoms with Crippen LogP contribution in [-0.2, 0) is 26.1 Å². The van der Waals surface area contributed by atoms with Crippen molar-refractivity contribution in [1.82, 2.24) is 30.1 Å². The second kappa shape index (κ2) is 12.0. The summed E-state index contributed by atoms with van der Waals surface area (Å²) in [6.07, 6.45) is 1.70. The zero-order valence-corrected chi connectivity index (χ0v) is 22.7. The number of hydrogen-bond acceptors (Lipinski definition) is 6. The molecule has 1 unspecified atom stereocenters. The van der Waals surface area contributed by atoms with Crippen LogP contribution in [0.4, 0.5) is 0 Å². The first-order valence-electron chi connectivity index (χ1n) is 13.4. The van der Waals surface area contributed by atoms with Gasteiger partial charge in [-0.05, 0) is 64.0 Å². The number of tetrazole rings is 1. The van der Waals surface area contributed by atoms with Gasteiger partial charge in [0.1, 0.15) is 5.75 Å². The summed E-state index contributed by atoms with van der Waals surface area (Å²) in [7, 11) is 1.68. The van der Waals surface area contributed by atoms with Crippen molar-refractivity contribution in [1.29, 1.82) is 0 Å². The molecule has 3 aromatic carbocycles. The molecule has 5 aromatic rings. The molecule has 8 heteroatoms. The Kier molecular flexibility index (Phi) is 8.13. The molecule has 1 N–H and O–H groups in total. The lowest BCUT2D eigenvalue weighted by molar-refractivity contribution is 0.159. The Labute approximate surface area is 228 Å². The number of aryl methyl sites for hydroxylation is 1. The molecule has 0 spiro atoms. The van der Waals surface area contributed by atoms with Crippen molar-refractivity contribution in [2.45, 2.75) is 52.4 Å². The predicted octanol–water partition coefficient (Wildman–Crippen LogP) is 5.29. The minimum atomic E-state index is -0.134. The Morgan fingerprint density at radius 2 is 1.69 bits per heavy atom. The zero-order chi connectivity index (χ0) is 27.2. The number of fused-ring (bicyclic) bond motifs is 1. The molecule has 0 aliphatic carbocycles. The number of hydrogen-bond donors (Lipinski definition) is 1. The maximum Gasteiger partial charge on any atom is 0.252 e. The van der Waals surface area contributed by atoms with Gasteiger partial charge in [-0.3, -0.25) is 9.69 Å². The van der Waals surface area contributed by atoms with Gasteiger partial charge in [0.25, 0.3) is 5.56 Å². The van der Waals surface area contributed by atoms with Crippen LogP contribution < -0.4 is 10.3 Å². The van der Waals surface area contributed by atoms with Crippen LogP contribution >= 0.6 is 0 Å². The van der Waals surface area contributed by atoms with E-state index in [1.165, 1.54) is 5.56 Å². The van der Waals surface area contributed by atoms with Crippen molar-refractivity contribution in [2.75, 3.05) is 7.11 Å². The number of ether oxygens (including phenoxy) is 1. The Bertz CT molecular complexity index is 1590. The summed E-state index contributed by atoms with van der Waals surface area (Å²) < 4.78 is 7.53. The van der Waals surface area contributed by atoms with E-state index in [-0.39, 0.29) is 11.6 Å². The molecule has 5 rings (SSSR count). The fraction of sp³-hybridized carbons (Fsp3) is 0.290.